The van der Waals surface area contributed by atoms with Gasteiger partial charge in [-0.15, -0.1) is 0 Å². The SMILES string of the molecule is C/C=C\C=C/Cc1cc(C#N)cc(C2=CC=C=C=C2)c1OC. The average Bonchev–Trinajstić information content (AvgIpc) is 2.58. The van der Waals surface area contributed by atoms with E-state index in [9.17, 15) is 5.26 Å². The highest BCUT2D eigenvalue weighted by Crippen LogP contribution is 2.33. The van der Waals surface area contributed by atoms with Crippen LogP contribution in [-0.4, -0.2) is 7.11 Å². The van der Waals surface area contributed by atoms with Gasteiger partial charge in [0.05, 0.1) is 18.7 Å². The van der Waals surface area contributed by atoms with Crippen molar-refractivity contribution in [2.75, 3.05) is 7.11 Å². The van der Waals surface area contributed by atoms with Crippen LogP contribution in [0.25, 0.3) is 5.57 Å². The standard InChI is InChI=1S/C20H17NO/c1-3-4-5-7-12-18-13-16(15-21)14-19(20(18)22-2)17-10-8-6-9-11-17/h3-5,7-8,10-11,13-14H,12H2,1-2H3/b4-3-,7-5-. The van der Waals surface area contributed by atoms with Crippen LogP contribution in [0.5, 0.6) is 5.75 Å². The molecule has 0 heterocycles. The zero-order valence-corrected chi connectivity index (χ0v) is 12.8. The van der Waals surface area contributed by atoms with E-state index in [1.807, 2.05) is 55.5 Å². The summed E-state index contributed by atoms with van der Waals surface area (Å²) >= 11 is 0. The highest BCUT2D eigenvalue weighted by Gasteiger charge is 2.13. The van der Waals surface area contributed by atoms with Crippen molar-refractivity contribution in [1.29, 1.82) is 5.26 Å². The van der Waals surface area contributed by atoms with Crippen LogP contribution in [0.1, 0.15) is 23.6 Å². The van der Waals surface area contributed by atoms with E-state index in [-0.39, 0.29) is 0 Å². The summed E-state index contributed by atoms with van der Waals surface area (Å²) in [5.74, 6) is 0.795. The van der Waals surface area contributed by atoms with Crippen molar-refractivity contribution in [2.24, 2.45) is 0 Å². The van der Waals surface area contributed by atoms with Crippen LogP contribution in [-0.2, 0) is 6.42 Å². The molecule has 0 spiro atoms. The molecule has 0 saturated heterocycles. The second-order valence-corrected chi connectivity index (χ2v) is 4.71. The molecule has 0 bridgehead atoms. The van der Waals surface area contributed by atoms with Gasteiger partial charge in [0.1, 0.15) is 5.75 Å². The van der Waals surface area contributed by atoms with E-state index in [1.165, 1.54) is 0 Å². The van der Waals surface area contributed by atoms with Gasteiger partial charge in [-0.3, -0.25) is 0 Å². The number of benzene rings is 1. The van der Waals surface area contributed by atoms with E-state index in [0.717, 1.165) is 22.4 Å². The Morgan fingerprint density at radius 2 is 2.14 bits per heavy atom. The van der Waals surface area contributed by atoms with E-state index in [2.05, 4.69) is 17.5 Å². The van der Waals surface area contributed by atoms with E-state index in [1.54, 1.807) is 13.2 Å². The molecule has 108 valence electrons. The van der Waals surface area contributed by atoms with E-state index < -0.39 is 0 Å². The number of hydrogen-bond donors (Lipinski definition) is 0. The first kappa shape index (κ1) is 15.4. The molecule has 1 aliphatic carbocycles. The zero-order chi connectivity index (χ0) is 15.8. The number of rotatable bonds is 5. The lowest BCUT2D eigenvalue weighted by atomic mass is 9.95. The Labute approximate surface area is 131 Å². The molecule has 0 unspecified atom stereocenters. The van der Waals surface area contributed by atoms with Crippen LogP contribution in [0.15, 0.2) is 66.1 Å². The van der Waals surface area contributed by atoms with Gasteiger partial charge < -0.3 is 4.74 Å². The number of methoxy groups -OCH3 is 1. The van der Waals surface area contributed by atoms with Gasteiger partial charge in [0.15, 0.2) is 0 Å². The Hall–Kier alpha value is -2.97. The minimum Gasteiger partial charge on any atom is -0.496 e. The Balaban J connectivity index is 2.49. The van der Waals surface area contributed by atoms with Crippen molar-refractivity contribution < 1.29 is 4.74 Å². The Morgan fingerprint density at radius 1 is 1.27 bits per heavy atom. The maximum absolute atomic E-state index is 9.27. The van der Waals surface area contributed by atoms with Crippen LogP contribution >= 0.6 is 0 Å². The molecule has 0 amide bonds. The molecule has 1 aliphatic rings. The lowest BCUT2D eigenvalue weighted by molar-refractivity contribution is 0.409. The van der Waals surface area contributed by atoms with Crippen molar-refractivity contribution >= 4 is 5.57 Å². The van der Waals surface area contributed by atoms with Gasteiger partial charge in [-0.1, -0.05) is 35.8 Å². The monoisotopic (exact) mass is 287 g/mol. The first-order chi connectivity index (χ1) is 10.8. The molecular weight excluding hydrogens is 270 g/mol. The molecule has 0 fully saturated rings. The van der Waals surface area contributed by atoms with Crippen LogP contribution in [0.2, 0.25) is 0 Å². The van der Waals surface area contributed by atoms with Crippen molar-refractivity contribution in [3.05, 3.63) is 82.8 Å². The number of hydrogen-bond acceptors (Lipinski definition) is 2. The maximum Gasteiger partial charge on any atom is 0.130 e. The van der Waals surface area contributed by atoms with Gasteiger partial charge in [-0.2, -0.15) is 5.26 Å². The second-order valence-electron chi connectivity index (χ2n) is 4.71. The van der Waals surface area contributed by atoms with Crippen LogP contribution in [0.4, 0.5) is 0 Å². The predicted octanol–water partition coefficient (Wildman–Crippen LogP) is 4.51. The summed E-state index contributed by atoms with van der Waals surface area (Å²) in [6.07, 6.45) is 14.3. The quantitative estimate of drug-likeness (QED) is 0.590. The summed E-state index contributed by atoms with van der Waals surface area (Å²) < 4.78 is 5.60. The highest BCUT2D eigenvalue weighted by atomic mass is 16.5. The van der Waals surface area contributed by atoms with Crippen LogP contribution < -0.4 is 4.74 Å². The smallest absolute Gasteiger partial charge is 0.130 e. The fourth-order valence-electron chi connectivity index (χ4n) is 2.26. The van der Waals surface area contributed by atoms with Crippen molar-refractivity contribution in [1.82, 2.24) is 0 Å². The third kappa shape index (κ3) is 3.57. The van der Waals surface area contributed by atoms with Crippen LogP contribution in [0, 0.1) is 11.3 Å². The van der Waals surface area contributed by atoms with E-state index in [0.29, 0.717) is 12.0 Å². The summed E-state index contributed by atoms with van der Waals surface area (Å²) in [6.45, 7) is 1.97. The second kappa shape index (κ2) is 7.72. The Morgan fingerprint density at radius 3 is 2.77 bits per heavy atom. The van der Waals surface area contributed by atoms with E-state index in [4.69, 9.17) is 4.74 Å². The zero-order valence-electron chi connectivity index (χ0n) is 12.8. The number of ether oxygens (including phenoxy) is 1. The summed E-state index contributed by atoms with van der Waals surface area (Å²) in [4.78, 5) is 0. The maximum atomic E-state index is 9.27. The fraction of sp³-hybridized carbons (Fsp3) is 0.150. The molecule has 0 N–H and O–H groups in total. The molecule has 0 saturated carbocycles. The normalized spacial score (nSPS) is 12.9. The largest absolute Gasteiger partial charge is 0.496 e. The molecule has 0 aliphatic heterocycles. The third-order valence-corrected chi connectivity index (χ3v) is 3.24. The van der Waals surface area contributed by atoms with Crippen LogP contribution in [0.3, 0.4) is 0 Å². The van der Waals surface area contributed by atoms with Crippen molar-refractivity contribution in [2.45, 2.75) is 13.3 Å². The van der Waals surface area contributed by atoms with Gasteiger partial charge in [0, 0.05) is 5.56 Å². The summed E-state index contributed by atoms with van der Waals surface area (Å²) in [7, 11) is 1.66. The molecule has 0 aromatic heterocycles. The lowest BCUT2D eigenvalue weighted by Crippen LogP contribution is -1.98. The summed E-state index contributed by atoms with van der Waals surface area (Å²) in [5.41, 5.74) is 9.31. The molecular formula is C20H17NO. The Kier molecular flexibility index (Phi) is 5.41. The minimum absolute atomic E-state index is 0.623. The van der Waals surface area contributed by atoms with Gasteiger partial charge in [-0.25, -0.2) is 0 Å². The van der Waals surface area contributed by atoms with Crippen molar-refractivity contribution in [3.8, 4) is 11.8 Å². The third-order valence-electron chi connectivity index (χ3n) is 3.24. The van der Waals surface area contributed by atoms with Gasteiger partial charge >= 0.3 is 0 Å². The first-order valence-corrected chi connectivity index (χ1v) is 7.07. The van der Waals surface area contributed by atoms with Gasteiger partial charge in [0.25, 0.3) is 0 Å². The minimum atomic E-state index is 0.623. The Bertz CT molecular complexity index is 788. The molecule has 0 radical (unpaired) electrons. The van der Waals surface area contributed by atoms with Gasteiger partial charge in [0.2, 0.25) is 0 Å². The number of allylic oxidation sites excluding steroid dienone is 8. The molecule has 1 aromatic carbocycles. The van der Waals surface area contributed by atoms with Crippen molar-refractivity contribution in [3.63, 3.8) is 0 Å². The first-order valence-electron chi connectivity index (χ1n) is 7.07. The predicted molar refractivity (Wildman–Crippen MR) is 89.5 cm³/mol. The molecule has 1 aromatic rings. The molecule has 2 rings (SSSR count). The topological polar surface area (TPSA) is 33.0 Å². The van der Waals surface area contributed by atoms with E-state index >= 15 is 0 Å². The molecule has 2 heteroatoms. The number of nitrogens with zero attached hydrogens (tertiary/aromatic N) is 1. The number of nitriles is 1. The summed E-state index contributed by atoms with van der Waals surface area (Å²) in [6, 6.07) is 5.94. The average molecular weight is 287 g/mol. The molecule has 22 heavy (non-hydrogen) atoms. The molecule has 2 nitrogen and oxygen atoms in total. The fourth-order valence-corrected chi connectivity index (χ4v) is 2.26. The lowest BCUT2D eigenvalue weighted by Gasteiger charge is -2.14. The van der Waals surface area contributed by atoms with Gasteiger partial charge in [-0.05, 0) is 54.8 Å². The highest BCUT2D eigenvalue weighted by molar-refractivity contribution is 5.81. The molecule has 0 atom stereocenters. The summed E-state index contributed by atoms with van der Waals surface area (Å²) in [5, 5.41) is 9.27.